The van der Waals surface area contributed by atoms with Gasteiger partial charge in [0.2, 0.25) is 5.91 Å². The third kappa shape index (κ3) is 3.95. The van der Waals surface area contributed by atoms with Crippen molar-refractivity contribution in [2.45, 2.75) is 25.2 Å². The van der Waals surface area contributed by atoms with Gasteiger partial charge in [-0.25, -0.2) is 0 Å². The van der Waals surface area contributed by atoms with Gasteiger partial charge >= 0.3 is 0 Å². The highest BCUT2D eigenvalue weighted by molar-refractivity contribution is 6.30. The molecule has 1 amide bonds. The highest BCUT2D eigenvalue weighted by atomic mass is 35.5. The lowest BCUT2D eigenvalue weighted by Crippen LogP contribution is -2.36. The molecule has 3 nitrogen and oxygen atoms in total. The van der Waals surface area contributed by atoms with Crippen LogP contribution in [-0.4, -0.2) is 37.6 Å². The van der Waals surface area contributed by atoms with Crippen molar-refractivity contribution < 1.29 is 9.53 Å². The van der Waals surface area contributed by atoms with Crippen LogP contribution >= 0.6 is 11.6 Å². The largest absolute Gasteiger partial charge is 0.375 e. The zero-order chi connectivity index (χ0) is 13.7. The third-order valence-corrected chi connectivity index (χ3v) is 3.89. The molecular formula is C15H20ClNO2. The minimum atomic E-state index is 0.0864. The van der Waals surface area contributed by atoms with E-state index >= 15 is 0 Å². The van der Waals surface area contributed by atoms with Gasteiger partial charge in [0, 0.05) is 31.1 Å². The summed E-state index contributed by atoms with van der Waals surface area (Å²) in [5.74, 6) is 0.490. The van der Waals surface area contributed by atoms with Crippen LogP contribution < -0.4 is 0 Å². The number of carbonyl (C=O) groups is 1. The number of hydrogen-bond acceptors (Lipinski definition) is 2. The Morgan fingerprint density at radius 3 is 2.79 bits per heavy atom. The lowest BCUT2D eigenvalue weighted by atomic mass is 9.94. The Morgan fingerprint density at radius 1 is 1.37 bits per heavy atom. The topological polar surface area (TPSA) is 29.5 Å². The van der Waals surface area contributed by atoms with E-state index in [4.69, 9.17) is 16.3 Å². The lowest BCUT2D eigenvalue weighted by Gasteiger charge is -2.24. The summed E-state index contributed by atoms with van der Waals surface area (Å²) in [7, 11) is 1.56. The van der Waals surface area contributed by atoms with Crippen LogP contribution in [0.4, 0.5) is 0 Å². The Morgan fingerprint density at radius 2 is 2.11 bits per heavy atom. The van der Waals surface area contributed by atoms with Crippen molar-refractivity contribution in [2.75, 3.05) is 26.8 Å². The number of methoxy groups -OCH3 is 1. The number of likely N-dealkylation sites (tertiary alicyclic amines) is 1. The van der Waals surface area contributed by atoms with Crippen molar-refractivity contribution >= 4 is 17.5 Å². The van der Waals surface area contributed by atoms with E-state index in [1.807, 2.05) is 17.0 Å². The zero-order valence-electron chi connectivity index (χ0n) is 11.3. The van der Waals surface area contributed by atoms with E-state index in [0.29, 0.717) is 5.92 Å². The average molecular weight is 282 g/mol. The van der Waals surface area contributed by atoms with E-state index in [9.17, 15) is 4.79 Å². The van der Waals surface area contributed by atoms with E-state index in [1.165, 1.54) is 5.56 Å². The monoisotopic (exact) mass is 281 g/mol. The Balaban J connectivity index is 2.07. The van der Waals surface area contributed by atoms with Crippen molar-refractivity contribution in [1.29, 1.82) is 0 Å². The highest BCUT2D eigenvalue weighted by Gasteiger charge is 2.22. The van der Waals surface area contributed by atoms with E-state index in [2.05, 4.69) is 12.1 Å². The second-order valence-corrected chi connectivity index (χ2v) is 5.45. The molecule has 4 heteroatoms. The van der Waals surface area contributed by atoms with Crippen LogP contribution in [0.1, 0.15) is 30.7 Å². The molecule has 19 heavy (non-hydrogen) atoms. The van der Waals surface area contributed by atoms with Gasteiger partial charge in [-0.1, -0.05) is 30.2 Å². The van der Waals surface area contributed by atoms with Crippen molar-refractivity contribution in [3.63, 3.8) is 0 Å². The maximum absolute atomic E-state index is 12.0. The van der Waals surface area contributed by atoms with Crippen molar-refractivity contribution in [1.82, 2.24) is 4.90 Å². The van der Waals surface area contributed by atoms with Gasteiger partial charge in [0.25, 0.3) is 0 Å². The SMILES string of the molecule is COCC(=O)N1CCCCC(c2ccc(Cl)cc2)C1. The van der Waals surface area contributed by atoms with Gasteiger partial charge in [-0.15, -0.1) is 0 Å². The predicted molar refractivity (Wildman–Crippen MR) is 76.5 cm³/mol. The van der Waals surface area contributed by atoms with Gasteiger partial charge in [0.05, 0.1) is 0 Å². The fourth-order valence-electron chi connectivity index (χ4n) is 2.59. The first-order valence-electron chi connectivity index (χ1n) is 6.73. The van der Waals surface area contributed by atoms with Gasteiger partial charge in [0.15, 0.2) is 0 Å². The Hall–Kier alpha value is -1.06. The normalized spacial score (nSPS) is 20.1. The number of rotatable bonds is 3. The smallest absolute Gasteiger partial charge is 0.248 e. The molecule has 104 valence electrons. The van der Waals surface area contributed by atoms with Crippen LogP contribution in [-0.2, 0) is 9.53 Å². The summed E-state index contributed by atoms with van der Waals surface area (Å²) in [5, 5.41) is 0.754. The Kier molecular flexibility index (Phi) is 5.23. The molecule has 1 saturated heterocycles. The zero-order valence-corrected chi connectivity index (χ0v) is 12.0. The second kappa shape index (κ2) is 6.92. The second-order valence-electron chi connectivity index (χ2n) is 5.02. The molecule has 1 atom stereocenters. The molecule has 0 bridgehead atoms. The molecule has 1 fully saturated rings. The molecule has 1 heterocycles. The van der Waals surface area contributed by atoms with Gasteiger partial charge in [0.1, 0.15) is 6.61 Å². The van der Waals surface area contributed by atoms with Crippen molar-refractivity contribution in [3.8, 4) is 0 Å². The number of halogens is 1. The summed E-state index contributed by atoms with van der Waals surface area (Å²) >= 11 is 5.92. The van der Waals surface area contributed by atoms with Gasteiger partial charge in [-0.2, -0.15) is 0 Å². The van der Waals surface area contributed by atoms with Crippen molar-refractivity contribution in [3.05, 3.63) is 34.9 Å². The number of carbonyl (C=O) groups excluding carboxylic acids is 1. The quantitative estimate of drug-likeness (QED) is 0.852. The van der Waals surface area contributed by atoms with Gasteiger partial charge in [-0.05, 0) is 30.5 Å². The number of ether oxygens (including phenoxy) is 1. The number of nitrogens with zero attached hydrogens (tertiary/aromatic N) is 1. The van der Waals surface area contributed by atoms with E-state index < -0.39 is 0 Å². The molecule has 0 aliphatic carbocycles. The van der Waals surface area contributed by atoms with E-state index in [-0.39, 0.29) is 12.5 Å². The predicted octanol–water partition coefficient (Wildman–Crippen LogP) is 3.08. The summed E-state index contributed by atoms with van der Waals surface area (Å²) in [5.41, 5.74) is 1.27. The summed E-state index contributed by atoms with van der Waals surface area (Å²) < 4.78 is 4.95. The number of amides is 1. The first-order valence-corrected chi connectivity index (χ1v) is 7.10. The van der Waals surface area contributed by atoms with Crippen LogP contribution in [0.2, 0.25) is 5.02 Å². The van der Waals surface area contributed by atoms with Crippen LogP contribution in [0.3, 0.4) is 0 Å². The van der Waals surface area contributed by atoms with E-state index in [0.717, 1.165) is 37.4 Å². The fraction of sp³-hybridized carbons (Fsp3) is 0.533. The molecular weight excluding hydrogens is 262 g/mol. The number of hydrogen-bond donors (Lipinski definition) is 0. The first kappa shape index (κ1) is 14.4. The standard InChI is InChI=1S/C15H20ClNO2/c1-19-11-15(18)17-9-3-2-4-13(10-17)12-5-7-14(16)8-6-12/h5-8,13H,2-4,9-11H2,1H3. The Bertz CT molecular complexity index is 419. The molecule has 0 radical (unpaired) electrons. The molecule has 1 aliphatic rings. The third-order valence-electron chi connectivity index (χ3n) is 3.63. The molecule has 1 aliphatic heterocycles. The highest BCUT2D eigenvalue weighted by Crippen LogP contribution is 2.27. The maximum Gasteiger partial charge on any atom is 0.248 e. The molecule has 0 saturated carbocycles. The molecule has 0 aromatic heterocycles. The molecule has 1 aromatic rings. The van der Waals surface area contributed by atoms with E-state index in [1.54, 1.807) is 7.11 Å². The summed E-state index contributed by atoms with van der Waals surface area (Å²) in [6.45, 7) is 1.80. The first-order chi connectivity index (χ1) is 9.20. The van der Waals surface area contributed by atoms with Gasteiger partial charge in [-0.3, -0.25) is 4.79 Å². The van der Waals surface area contributed by atoms with Crippen LogP contribution in [0, 0.1) is 0 Å². The molecule has 2 rings (SSSR count). The Labute approximate surface area is 119 Å². The molecule has 1 unspecified atom stereocenters. The van der Waals surface area contributed by atoms with Crippen LogP contribution in [0.5, 0.6) is 0 Å². The van der Waals surface area contributed by atoms with Gasteiger partial charge < -0.3 is 9.64 Å². The maximum atomic E-state index is 12.0. The summed E-state index contributed by atoms with van der Waals surface area (Å²) in [4.78, 5) is 13.9. The van der Waals surface area contributed by atoms with Crippen molar-refractivity contribution in [2.24, 2.45) is 0 Å². The summed E-state index contributed by atoms with van der Waals surface area (Å²) in [6.07, 6.45) is 3.35. The lowest BCUT2D eigenvalue weighted by molar-refractivity contribution is -0.135. The molecule has 1 aromatic carbocycles. The minimum absolute atomic E-state index is 0.0864. The fourth-order valence-corrected chi connectivity index (χ4v) is 2.72. The van der Waals surface area contributed by atoms with Crippen LogP contribution in [0.25, 0.3) is 0 Å². The molecule has 0 spiro atoms. The minimum Gasteiger partial charge on any atom is -0.375 e. The van der Waals surface area contributed by atoms with Crippen LogP contribution in [0.15, 0.2) is 24.3 Å². The number of benzene rings is 1. The molecule has 0 N–H and O–H groups in total. The average Bonchev–Trinajstić information content (AvgIpc) is 2.66. The summed E-state index contributed by atoms with van der Waals surface area (Å²) in [6, 6.07) is 7.97.